The molecule has 12 heavy (non-hydrogen) atoms. The van der Waals surface area contributed by atoms with Crippen molar-refractivity contribution in [3.8, 4) is 0 Å². The summed E-state index contributed by atoms with van der Waals surface area (Å²) in [4.78, 5) is 2.53. The van der Waals surface area contributed by atoms with Gasteiger partial charge in [0.1, 0.15) is 0 Å². The van der Waals surface area contributed by atoms with Gasteiger partial charge in [0, 0.05) is 30.7 Å². The normalized spacial score (nSPS) is 26.0. The van der Waals surface area contributed by atoms with Crippen LogP contribution in [0.25, 0.3) is 0 Å². The molecule has 1 rings (SSSR count). The molecule has 0 aliphatic carbocycles. The molecule has 1 N–H and O–H groups in total. The van der Waals surface area contributed by atoms with Crippen LogP contribution in [0.5, 0.6) is 0 Å². The SMILES string of the molecule is CC1CSCCN1CCCCO. The Bertz CT molecular complexity index is 121. The second-order valence-corrected chi connectivity index (χ2v) is 4.54. The maximum absolute atomic E-state index is 8.64. The zero-order valence-electron chi connectivity index (χ0n) is 7.83. The van der Waals surface area contributed by atoms with E-state index in [2.05, 4.69) is 23.6 Å². The third kappa shape index (κ3) is 3.33. The molecule has 0 amide bonds. The molecule has 0 aromatic carbocycles. The molecule has 3 heteroatoms. The van der Waals surface area contributed by atoms with Crippen molar-refractivity contribution in [2.24, 2.45) is 0 Å². The Morgan fingerprint density at radius 2 is 2.33 bits per heavy atom. The Balaban J connectivity index is 2.11. The van der Waals surface area contributed by atoms with Gasteiger partial charge in [-0.25, -0.2) is 0 Å². The molecular weight excluding hydrogens is 170 g/mol. The third-order valence-electron chi connectivity index (χ3n) is 2.36. The van der Waals surface area contributed by atoms with Crippen LogP contribution in [-0.2, 0) is 0 Å². The molecule has 1 atom stereocenters. The predicted octanol–water partition coefficient (Wildman–Crippen LogP) is 1.20. The highest BCUT2D eigenvalue weighted by molar-refractivity contribution is 7.99. The predicted molar refractivity (Wildman–Crippen MR) is 54.7 cm³/mol. The molecule has 1 unspecified atom stereocenters. The Labute approximate surface area is 79.3 Å². The van der Waals surface area contributed by atoms with Gasteiger partial charge in [0.05, 0.1) is 0 Å². The van der Waals surface area contributed by atoms with Crippen molar-refractivity contribution in [2.45, 2.75) is 25.8 Å². The first-order valence-corrected chi connectivity index (χ1v) is 5.92. The summed E-state index contributed by atoms with van der Waals surface area (Å²) in [5, 5.41) is 8.64. The Kier molecular flexibility index (Phi) is 5.04. The minimum Gasteiger partial charge on any atom is -0.396 e. The highest BCUT2D eigenvalue weighted by Crippen LogP contribution is 2.15. The molecule has 72 valence electrons. The van der Waals surface area contributed by atoms with Gasteiger partial charge in [-0.15, -0.1) is 0 Å². The van der Waals surface area contributed by atoms with Crippen LogP contribution in [0.15, 0.2) is 0 Å². The van der Waals surface area contributed by atoms with Crippen molar-refractivity contribution in [1.82, 2.24) is 4.90 Å². The Morgan fingerprint density at radius 1 is 1.50 bits per heavy atom. The maximum Gasteiger partial charge on any atom is 0.0431 e. The van der Waals surface area contributed by atoms with Gasteiger partial charge in [-0.05, 0) is 26.3 Å². The van der Waals surface area contributed by atoms with Crippen molar-refractivity contribution < 1.29 is 5.11 Å². The average molecular weight is 189 g/mol. The van der Waals surface area contributed by atoms with Crippen molar-refractivity contribution in [3.05, 3.63) is 0 Å². The van der Waals surface area contributed by atoms with Gasteiger partial charge in [-0.2, -0.15) is 11.8 Å². The van der Waals surface area contributed by atoms with Gasteiger partial charge < -0.3 is 5.11 Å². The number of unbranched alkanes of at least 4 members (excludes halogenated alkanes) is 1. The smallest absolute Gasteiger partial charge is 0.0431 e. The topological polar surface area (TPSA) is 23.5 Å². The van der Waals surface area contributed by atoms with E-state index < -0.39 is 0 Å². The van der Waals surface area contributed by atoms with Crippen LogP contribution in [0.4, 0.5) is 0 Å². The maximum atomic E-state index is 8.64. The summed E-state index contributed by atoms with van der Waals surface area (Å²) < 4.78 is 0. The van der Waals surface area contributed by atoms with Crippen LogP contribution in [0.1, 0.15) is 19.8 Å². The number of thioether (sulfide) groups is 1. The zero-order valence-corrected chi connectivity index (χ0v) is 8.65. The number of rotatable bonds is 4. The molecule has 2 nitrogen and oxygen atoms in total. The number of hydrogen-bond acceptors (Lipinski definition) is 3. The van der Waals surface area contributed by atoms with Crippen LogP contribution >= 0.6 is 11.8 Å². The summed E-state index contributed by atoms with van der Waals surface area (Å²) in [5.41, 5.74) is 0. The van der Waals surface area contributed by atoms with E-state index in [0.717, 1.165) is 18.9 Å². The number of aliphatic hydroxyl groups is 1. The van der Waals surface area contributed by atoms with Gasteiger partial charge in [0.15, 0.2) is 0 Å². The Morgan fingerprint density at radius 3 is 3.00 bits per heavy atom. The van der Waals surface area contributed by atoms with Crippen molar-refractivity contribution in [2.75, 3.05) is 31.2 Å². The summed E-state index contributed by atoms with van der Waals surface area (Å²) >= 11 is 2.05. The van der Waals surface area contributed by atoms with E-state index in [9.17, 15) is 0 Å². The Hall–Kier alpha value is 0.270. The summed E-state index contributed by atoms with van der Waals surface area (Å²) in [6, 6.07) is 0.738. The quantitative estimate of drug-likeness (QED) is 0.672. The standard InChI is InChI=1S/C9H19NOS/c1-9-8-12-7-5-10(9)4-2-3-6-11/h9,11H,2-8H2,1H3. The first-order chi connectivity index (χ1) is 5.84. The largest absolute Gasteiger partial charge is 0.396 e. The lowest BCUT2D eigenvalue weighted by Gasteiger charge is -2.32. The lowest BCUT2D eigenvalue weighted by molar-refractivity contribution is 0.214. The second-order valence-electron chi connectivity index (χ2n) is 3.39. The second kappa shape index (κ2) is 5.84. The van der Waals surface area contributed by atoms with E-state index in [0.29, 0.717) is 6.61 Å². The number of hydrogen-bond donors (Lipinski definition) is 1. The van der Waals surface area contributed by atoms with Crippen molar-refractivity contribution >= 4 is 11.8 Å². The average Bonchev–Trinajstić information content (AvgIpc) is 2.09. The molecule has 1 saturated heterocycles. The van der Waals surface area contributed by atoms with Gasteiger partial charge in [0.25, 0.3) is 0 Å². The molecular formula is C9H19NOS. The summed E-state index contributed by atoms with van der Waals surface area (Å²) in [5.74, 6) is 2.56. The van der Waals surface area contributed by atoms with Gasteiger partial charge in [-0.1, -0.05) is 0 Å². The van der Waals surface area contributed by atoms with E-state index in [1.807, 2.05) is 0 Å². The highest BCUT2D eigenvalue weighted by atomic mass is 32.2. The van der Waals surface area contributed by atoms with Gasteiger partial charge >= 0.3 is 0 Å². The van der Waals surface area contributed by atoms with Crippen molar-refractivity contribution in [1.29, 1.82) is 0 Å². The molecule has 1 aliphatic rings. The molecule has 1 aliphatic heterocycles. The fourth-order valence-electron chi connectivity index (χ4n) is 1.52. The van der Waals surface area contributed by atoms with Crippen LogP contribution in [0.2, 0.25) is 0 Å². The first kappa shape index (κ1) is 10.4. The van der Waals surface area contributed by atoms with Crippen molar-refractivity contribution in [3.63, 3.8) is 0 Å². The zero-order chi connectivity index (χ0) is 8.81. The molecule has 1 fully saturated rings. The summed E-state index contributed by atoms with van der Waals surface area (Å²) in [7, 11) is 0. The molecule has 0 saturated carbocycles. The monoisotopic (exact) mass is 189 g/mol. The summed E-state index contributed by atoms with van der Waals surface area (Å²) in [6.07, 6.45) is 2.10. The van der Waals surface area contributed by atoms with Crippen LogP contribution < -0.4 is 0 Å². The summed E-state index contributed by atoms with van der Waals surface area (Å²) in [6.45, 7) is 5.04. The van der Waals surface area contributed by atoms with E-state index in [-0.39, 0.29) is 0 Å². The molecule has 0 aromatic heterocycles. The number of aliphatic hydroxyl groups excluding tert-OH is 1. The first-order valence-electron chi connectivity index (χ1n) is 4.77. The lowest BCUT2D eigenvalue weighted by atomic mass is 10.2. The molecule has 0 bridgehead atoms. The van der Waals surface area contributed by atoms with Gasteiger partial charge in [0.2, 0.25) is 0 Å². The molecule has 1 heterocycles. The molecule has 0 spiro atoms. The lowest BCUT2D eigenvalue weighted by Crippen LogP contribution is -2.40. The minimum atomic E-state index is 0.344. The van der Waals surface area contributed by atoms with Crippen LogP contribution in [-0.4, -0.2) is 47.3 Å². The van der Waals surface area contributed by atoms with Crippen LogP contribution in [0.3, 0.4) is 0 Å². The van der Waals surface area contributed by atoms with E-state index in [1.54, 1.807) is 0 Å². The molecule has 0 radical (unpaired) electrons. The fourth-order valence-corrected chi connectivity index (χ4v) is 2.60. The number of nitrogens with zero attached hydrogens (tertiary/aromatic N) is 1. The molecule has 0 aromatic rings. The van der Waals surface area contributed by atoms with Crippen LogP contribution in [0, 0.1) is 0 Å². The van der Waals surface area contributed by atoms with E-state index in [4.69, 9.17) is 5.11 Å². The minimum absolute atomic E-state index is 0.344. The van der Waals surface area contributed by atoms with E-state index in [1.165, 1.54) is 24.6 Å². The van der Waals surface area contributed by atoms with E-state index >= 15 is 0 Å². The third-order valence-corrected chi connectivity index (χ3v) is 3.55. The highest BCUT2D eigenvalue weighted by Gasteiger charge is 2.17. The fraction of sp³-hybridized carbons (Fsp3) is 1.00. The van der Waals surface area contributed by atoms with Gasteiger partial charge in [-0.3, -0.25) is 4.90 Å².